The molecule has 0 radical (unpaired) electrons. The van der Waals surface area contributed by atoms with Crippen molar-refractivity contribution in [2.24, 2.45) is 11.1 Å². The minimum atomic E-state index is -3.68. The SMILES string of the molecule is CC1(C)C(N)CC1NS(=O)(=O)c1cccc(F)c1. The highest BCUT2D eigenvalue weighted by atomic mass is 32.2. The van der Waals surface area contributed by atoms with Crippen molar-refractivity contribution in [2.45, 2.75) is 37.2 Å². The molecule has 4 nitrogen and oxygen atoms in total. The van der Waals surface area contributed by atoms with Gasteiger partial charge in [0.25, 0.3) is 0 Å². The highest BCUT2D eigenvalue weighted by Crippen LogP contribution is 2.39. The van der Waals surface area contributed by atoms with E-state index in [0.717, 1.165) is 6.07 Å². The topological polar surface area (TPSA) is 72.2 Å². The minimum Gasteiger partial charge on any atom is -0.327 e. The van der Waals surface area contributed by atoms with E-state index in [-0.39, 0.29) is 22.4 Å². The van der Waals surface area contributed by atoms with Gasteiger partial charge in [-0.25, -0.2) is 17.5 Å². The molecule has 1 aromatic carbocycles. The van der Waals surface area contributed by atoms with Crippen molar-refractivity contribution in [1.82, 2.24) is 4.72 Å². The summed E-state index contributed by atoms with van der Waals surface area (Å²) in [6, 6.07) is 4.74. The smallest absolute Gasteiger partial charge is 0.240 e. The number of nitrogens with one attached hydrogen (secondary N) is 1. The quantitative estimate of drug-likeness (QED) is 0.869. The summed E-state index contributed by atoms with van der Waals surface area (Å²) in [4.78, 5) is -0.0567. The normalized spacial score (nSPS) is 26.7. The Balaban J connectivity index is 2.19. The second kappa shape index (κ2) is 4.29. The van der Waals surface area contributed by atoms with E-state index >= 15 is 0 Å². The van der Waals surface area contributed by atoms with E-state index in [1.165, 1.54) is 18.2 Å². The van der Waals surface area contributed by atoms with Gasteiger partial charge in [0.1, 0.15) is 5.82 Å². The van der Waals surface area contributed by atoms with Crippen molar-refractivity contribution in [2.75, 3.05) is 0 Å². The summed E-state index contributed by atoms with van der Waals surface area (Å²) >= 11 is 0. The molecule has 0 heterocycles. The van der Waals surface area contributed by atoms with Gasteiger partial charge >= 0.3 is 0 Å². The van der Waals surface area contributed by atoms with Gasteiger partial charge in [-0.3, -0.25) is 0 Å². The van der Waals surface area contributed by atoms with E-state index in [9.17, 15) is 12.8 Å². The Morgan fingerprint density at radius 3 is 2.61 bits per heavy atom. The number of nitrogens with two attached hydrogens (primary N) is 1. The fraction of sp³-hybridized carbons (Fsp3) is 0.500. The molecule has 0 bridgehead atoms. The second-order valence-electron chi connectivity index (χ2n) is 5.29. The van der Waals surface area contributed by atoms with Gasteiger partial charge in [-0.05, 0) is 30.0 Å². The molecular weight excluding hydrogens is 255 g/mol. The number of halogens is 1. The van der Waals surface area contributed by atoms with Crippen LogP contribution in [0.3, 0.4) is 0 Å². The molecule has 0 amide bonds. The fourth-order valence-electron chi connectivity index (χ4n) is 2.05. The molecular formula is C12H17FN2O2S. The van der Waals surface area contributed by atoms with Crippen LogP contribution in [0.1, 0.15) is 20.3 Å². The van der Waals surface area contributed by atoms with Crippen LogP contribution in [-0.4, -0.2) is 20.5 Å². The summed E-state index contributed by atoms with van der Waals surface area (Å²) in [5.74, 6) is -0.567. The lowest BCUT2D eigenvalue weighted by Crippen LogP contribution is -2.64. The minimum absolute atomic E-state index is 0.0160. The van der Waals surface area contributed by atoms with Gasteiger partial charge in [0.05, 0.1) is 4.90 Å². The largest absolute Gasteiger partial charge is 0.327 e. The molecule has 1 fully saturated rings. The molecule has 1 aliphatic carbocycles. The van der Waals surface area contributed by atoms with Crippen LogP contribution in [0.5, 0.6) is 0 Å². The zero-order valence-electron chi connectivity index (χ0n) is 10.4. The van der Waals surface area contributed by atoms with E-state index in [4.69, 9.17) is 5.73 Å². The molecule has 2 atom stereocenters. The maximum Gasteiger partial charge on any atom is 0.240 e. The highest BCUT2D eigenvalue weighted by molar-refractivity contribution is 7.89. The molecule has 2 unspecified atom stereocenters. The molecule has 2 rings (SSSR count). The Morgan fingerprint density at radius 1 is 1.44 bits per heavy atom. The van der Waals surface area contributed by atoms with Gasteiger partial charge in [-0.2, -0.15) is 0 Å². The summed E-state index contributed by atoms with van der Waals surface area (Å²) in [6.45, 7) is 3.83. The average molecular weight is 272 g/mol. The Bertz CT molecular complexity index is 557. The zero-order valence-corrected chi connectivity index (χ0v) is 11.2. The van der Waals surface area contributed by atoms with Crippen LogP contribution in [0, 0.1) is 11.2 Å². The molecule has 0 aromatic heterocycles. The molecule has 6 heteroatoms. The Labute approximate surface area is 106 Å². The van der Waals surface area contributed by atoms with Crippen LogP contribution >= 0.6 is 0 Å². The fourth-order valence-corrected chi connectivity index (χ4v) is 3.48. The van der Waals surface area contributed by atoms with E-state index in [1.54, 1.807) is 0 Å². The van der Waals surface area contributed by atoms with Gasteiger partial charge in [0.15, 0.2) is 0 Å². The lowest BCUT2D eigenvalue weighted by atomic mass is 9.64. The van der Waals surface area contributed by atoms with Crippen molar-refractivity contribution < 1.29 is 12.8 Å². The molecule has 100 valence electrons. The van der Waals surface area contributed by atoms with Crippen molar-refractivity contribution in [1.29, 1.82) is 0 Å². The summed E-state index contributed by atoms with van der Waals surface area (Å²) in [6.07, 6.45) is 0.599. The number of hydrogen-bond acceptors (Lipinski definition) is 3. The van der Waals surface area contributed by atoms with E-state index in [1.807, 2.05) is 13.8 Å². The second-order valence-corrected chi connectivity index (χ2v) is 7.01. The summed E-state index contributed by atoms with van der Waals surface area (Å²) in [5, 5.41) is 0. The molecule has 1 aromatic rings. The number of rotatable bonds is 3. The first-order valence-electron chi connectivity index (χ1n) is 5.77. The highest BCUT2D eigenvalue weighted by Gasteiger charge is 2.47. The predicted molar refractivity (Wildman–Crippen MR) is 66.9 cm³/mol. The van der Waals surface area contributed by atoms with Crippen LogP contribution < -0.4 is 10.5 Å². The molecule has 0 aliphatic heterocycles. The van der Waals surface area contributed by atoms with E-state index in [0.29, 0.717) is 6.42 Å². The third-order valence-corrected chi connectivity index (χ3v) is 5.22. The average Bonchev–Trinajstić information content (AvgIpc) is 2.28. The first-order valence-corrected chi connectivity index (χ1v) is 7.25. The van der Waals surface area contributed by atoms with Crippen molar-refractivity contribution in [3.05, 3.63) is 30.1 Å². The summed E-state index contributed by atoms with van der Waals surface area (Å²) in [7, 11) is -3.68. The van der Waals surface area contributed by atoms with Crippen molar-refractivity contribution in [3.63, 3.8) is 0 Å². The van der Waals surface area contributed by atoms with Crippen molar-refractivity contribution in [3.8, 4) is 0 Å². The number of hydrogen-bond donors (Lipinski definition) is 2. The standard InChI is InChI=1S/C12H17FN2O2S/c1-12(2)10(14)7-11(12)15-18(16,17)9-5-3-4-8(13)6-9/h3-6,10-11,15H,7,14H2,1-2H3. The lowest BCUT2D eigenvalue weighted by molar-refractivity contribution is 0.0903. The number of sulfonamides is 1. The maximum atomic E-state index is 13.0. The van der Waals surface area contributed by atoms with E-state index < -0.39 is 15.8 Å². The Kier molecular flexibility index (Phi) is 3.21. The third kappa shape index (κ3) is 2.28. The summed E-state index contributed by atoms with van der Waals surface area (Å²) < 4.78 is 39.7. The first kappa shape index (κ1) is 13.5. The van der Waals surface area contributed by atoms with Crippen molar-refractivity contribution >= 4 is 10.0 Å². The summed E-state index contributed by atoms with van der Waals surface area (Å²) in [5.41, 5.74) is 5.56. The third-order valence-electron chi connectivity index (χ3n) is 3.75. The Morgan fingerprint density at radius 2 is 2.11 bits per heavy atom. The van der Waals surface area contributed by atoms with E-state index in [2.05, 4.69) is 4.72 Å². The molecule has 1 saturated carbocycles. The van der Waals surface area contributed by atoms with Gasteiger partial charge < -0.3 is 5.73 Å². The first-order chi connectivity index (χ1) is 8.23. The Hall–Kier alpha value is -0.980. The molecule has 0 saturated heterocycles. The van der Waals surface area contributed by atoms with Crippen LogP contribution in [0.4, 0.5) is 4.39 Å². The van der Waals surface area contributed by atoms with Gasteiger partial charge in [0, 0.05) is 12.1 Å². The van der Waals surface area contributed by atoms with Crippen LogP contribution in [0.25, 0.3) is 0 Å². The van der Waals surface area contributed by atoms with Crippen LogP contribution in [0.15, 0.2) is 29.2 Å². The number of benzene rings is 1. The maximum absolute atomic E-state index is 13.0. The predicted octanol–water partition coefficient (Wildman–Crippen LogP) is 1.23. The molecule has 3 N–H and O–H groups in total. The molecule has 0 spiro atoms. The van der Waals surface area contributed by atoms with Gasteiger partial charge in [0.2, 0.25) is 10.0 Å². The zero-order chi connectivity index (χ0) is 13.6. The van der Waals surface area contributed by atoms with Gasteiger partial charge in [-0.15, -0.1) is 0 Å². The lowest BCUT2D eigenvalue weighted by Gasteiger charge is -2.50. The van der Waals surface area contributed by atoms with Gasteiger partial charge in [-0.1, -0.05) is 19.9 Å². The van der Waals surface area contributed by atoms with Crippen LogP contribution in [-0.2, 0) is 10.0 Å². The monoisotopic (exact) mass is 272 g/mol. The van der Waals surface area contributed by atoms with Crippen LogP contribution in [0.2, 0.25) is 0 Å². The molecule has 1 aliphatic rings. The molecule has 18 heavy (non-hydrogen) atoms.